The number of fused-ring (bicyclic) bond motifs is 1. The van der Waals surface area contributed by atoms with E-state index in [0.717, 1.165) is 17.9 Å². The Bertz CT molecular complexity index is 562. The van der Waals surface area contributed by atoms with E-state index < -0.39 is 0 Å². The van der Waals surface area contributed by atoms with E-state index in [2.05, 4.69) is 56.4 Å². The van der Waals surface area contributed by atoms with Crippen molar-refractivity contribution in [3.63, 3.8) is 0 Å². The molecule has 0 spiro atoms. The second-order valence-corrected chi connectivity index (χ2v) is 5.85. The van der Waals surface area contributed by atoms with E-state index in [0.29, 0.717) is 6.04 Å². The third-order valence-corrected chi connectivity index (χ3v) is 4.07. The van der Waals surface area contributed by atoms with E-state index in [1.54, 1.807) is 0 Å². The Morgan fingerprint density at radius 1 is 1.25 bits per heavy atom. The van der Waals surface area contributed by atoms with Crippen LogP contribution in [0.25, 0.3) is 10.9 Å². The zero-order valence-electron chi connectivity index (χ0n) is 13.1. The summed E-state index contributed by atoms with van der Waals surface area (Å²) in [5, 5.41) is 4.69. The summed E-state index contributed by atoms with van der Waals surface area (Å²) in [5.74, 6) is 0.728. The lowest BCUT2D eigenvalue weighted by molar-refractivity contribution is 0.402. The molecule has 2 heteroatoms. The number of para-hydroxylation sites is 1. The molecule has 1 N–H and O–H groups in total. The molecule has 0 bridgehead atoms. The van der Waals surface area contributed by atoms with Crippen LogP contribution in [0.5, 0.6) is 0 Å². The molecule has 0 amide bonds. The lowest BCUT2D eigenvalue weighted by Crippen LogP contribution is -2.20. The second kappa shape index (κ2) is 6.85. The second-order valence-electron chi connectivity index (χ2n) is 5.85. The standard InChI is InChI=1S/C18H26N2/c1-5-8-13(2)11-17(19-4)18-12-14(3)15-9-6-7-10-16(15)20-18/h6-7,9-10,12-13,17,19H,5,8,11H2,1-4H3. The molecule has 108 valence electrons. The van der Waals surface area contributed by atoms with Gasteiger partial charge in [0, 0.05) is 11.4 Å². The van der Waals surface area contributed by atoms with Gasteiger partial charge in [0.05, 0.1) is 11.2 Å². The molecule has 20 heavy (non-hydrogen) atoms. The molecule has 2 rings (SSSR count). The molecule has 0 aliphatic rings. The first-order valence-electron chi connectivity index (χ1n) is 7.69. The van der Waals surface area contributed by atoms with Crippen molar-refractivity contribution < 1.29 is 0 Å². The Hall–Kier alpha value is -1.41. The first-order chi connectivity index (χ1) is 9.65. The fourth-order valence-electron chi connectivity index (χ4n) is 2.95. The third-order valence-electron chi connectivity index (χ3n) is 4.07. The number of benzene rings is 1. The molecule has 0 fully saturated rings. The summed E-state index contributed by atoms with van der Waals surface area (Å²) in [5.41, 5.74) is 3.59. The summed E-state index contributed by atoms with van der Waals surface area (Å²) in [7, 11) is 2.04. The van der Waals surface area contributed by atoms with Crippen LogP contribution < -0.4 is 5.32 Å². The zero-order valence-corrected chi connectivity index (χ0v) is 13.1. The monoisotopic (exact) mass is 270 g/mol. The molecular formula is C18H26N2. The number of nitrogens with zero attached hydrogens (tertiary/aromatic N) is 1. The molecule has 1 aromatic heterocycles. The Kier molecular flexibility index (Phi) is 5.13. The van der Waals surface area contributed by atoms with Gasteiger partial charge < -0.3 is 5.32 Å². The van der Waals surface area contributed by atoms with Crippen LogP contribution in [-0.4, -0.2) is 12.0 Å². The van der Waals surface area contributed by atoms with E-state index in [9.17, 15) is 0 Å². The SMILES string of the molecule is CCCC(C)CC(NC)c1cc(C)c2ccccc2n1. The molecule has 1 aromatic carbocycles. The van der Waals surface area contributed by atoms with Crippen molar-refractivity contribution in [3.05, 3.63) is 41.6 Å². The number of aromatic nitrogens is 1. The van der Waals surface area contributed by atoms with Gasteiger partial charge in [0.15, 0.2) is 0 Å². The summed E-state index contributed by atoms with van der Waals surface area (Å²) in [4.78, 5) is 4.86. The van der Waals surface area contributed by atoms with Gasteiger partial charge in [-0.3, -0.25) is 4.98 Å². The van der Waals surface area contributed by atoms with Crippen molar-refractivity contribution in [1.82, 2.24) is 10.3 Å². The lowest BCUT2D eigenvalue weighted by atomic mass is 9.94. The predicted octanol–water partition coefficient (Wildman–Crippen LogP) is 4.63. The topological polar surface area (TPSA) is 24.9 Å². The molecule has 2 unspecified atom stereocenters. The largest absolute Gasteiger partial charge is 0.312 e. The summed E-state index contributed by atoms with van der Waals surface area (Å²) in [6.45, 7) is 6.76. The van der Waals surface area contributed by atoms with Gasteiger partial charge in [0.25, 0.3) is 0 Å². The smallest absolute Gasteiger partial charge is 0.0708 e. The Balaban J connectivity index is 2.30. The quantitative estimate of drug-likeness (QED) is 0.827. The molecule has 0 aliphatic heterocycles. The molecule has 2 aromatic rings. The van der Waals surface area contributed by atoms with Gasteiger partial charge in [-0.25, -0.2) is 0 Å². The highest BCUT2D eigenvalue weighted by atomic mass is 14.9. The van der Waals surface area contributed by atoms with Crippen molar-refractivity contribution >= 4 is 10.9 Å². The first-order valence-corrected chi connectivity index (χ1v) is 7.69. The maximum atomic E-state index is 4.86. The van der Waals surface area contributed by atoms with Crippen molar-refractivity contribution in [2.45, 2.75) is 46.1 Å². The minimum absolute atomic E-state index is 0.347. The fraction of sp³-hybridized carbons (Fsp3) is 0.500. The van der Waals surface area contributed by atoms with E-state index in [1.807, 2.05) is 7.05 Å². The highest BCUT2D eigenvalue weighted by Crippen LogP contribution is 2.26. The summed E-state index contributed by atoms with van der Waals surface area (Å²) >= 11 is 0. The average Bonchev–Trinajstić information content (AvgIpc) is 2.45. The van der Waals surface area contributed by atoms with Crippen molar-refractivity contribution in [1.29, 1.82) is 0 Å². The van der Waals surface area contributed by atoms with E-state index in [4.69, 9.17) is 4.98 Å². The zero-order chi connectivity index (χ0) is 14.5. The van der Waals surface area contributed by atoms with Gasteiger partial charge in [-0.15, -0.1) is 0 Å². The molecule has 2 nitrogen and oxygen atoms in total. The van der Waals surface area contributed by atoms with Crippen LogP contribution in [0.4, 0.5) is 0 Å². The summed E-state index contributed by atoms with van der Waals surface area (Å²) in [6, 6.07) is 11.0. The number of pyridine rings is 1. The van der Waals surface area contributed by atoms with Crippen LogP contribution >= 0.6 is 0 Å². The molecule has 0 saturated heterocycles. The minimum Gasteiger partial charge on any atom is -0.312 e. The Labute approximate surface area is 122 Å². The Morgan fingerprint density at radius 3 is 2.70 bits per heavy atom. The van der Waals surface area contributed by atoms with Crippen molar-refractivity contribution in [2.24, 2.45) is 5.92 Å². The van der Waals surface area contributed by atoms with Crippen LogP contribution in [0.15, 0.2) is 30.3 Å². The highest BCUT2D eigenvalue weighted by Gasteiger charge is 2.15. The predicted molar refractivity (Wildman–Crippen MR) is 87.0 cm³/mol. The van der Waals surface area contributed by atoms with Gasteiger partial charge in [-0.2, -0.15) is 0 Å². The normalized spacial score (nSPS) is 14.4. The van der Waals surface area contributed by atoms with E-state index in [1.165, 1.54) is 29.5 Å². The number of hydrogen-bond donors (Lipinski definition) is 1. The number of rotatable bonds is 6. The van der Waals surface area contributed by atoms with Gasteiger partial charge in [0.2, 0.25) is 0 Å². The van der Waals surface area contributed by atoms with Crippen LogP contribution in [0.3, 0.4) is 0 Å². The van der Waals surface area contributed by atoms with Crippen molar-refractivity contribution in [2.75, 3.05) is 7.05 Å². The highest BCUT2D eigenvalue weighted by molar-refractivity contribution is 5.82. The van der Waals surface area contributed by atoms with E-state index >= 15 is 0 Å². The van der Waals surface area contributed by atoms with Gasteiger partial charge in [-0.05, 0) is 44.0 Å². The Morgan fingerprint density at radius 2 is 2.00 bits per heavy atom. The van der Waals surface area contributed by atoms with Crippen LogP contribution in [0.1, 0.15) is 50.4 Å². The van der Waals surface area contributed by atoms with Crippen molar-refractivity contribution in [3.8, 4) is 0 Å². The maximum absolute atomic E-state index is 4.86. The number of aryl methyl sites for hydroxylation is 1. The molecule has 0 aliphatic carbocycles. The number of hydrogen-bond acceptors (Lipinski definition) is 2. The van der Waals surface area contributed by atoms with Gasteiger partial charge in [-0.1, -0.05) is 44.9 Å². The molecule has 0 saturated carbocycles. The molecule has 1 heterocycles. The average molecular weight is 270 g/mol. The maximum Gasteiger partial charge on any atom is 0.0708 e. The van der Waals surface area contributed by atoms with Gasteiger partial charge >= 0.3 is 0 Å². The summed E-state index contributed by atoms with van der Waals surface area (Å²) in [6.07, 6.45) is 3.68. The molecule has 0 radical (unpaired) electrons. The summed E-state index contributed by atoms with van der Waals surface area (Å²) < 4.78 is 0. The molecular weight excluding hydrogens is 244 g/mol. The van der Waals surface area contributed by atoms with Gasteiger partial charge in [0.1, 0.15) is 0 Å². The third kappa shape index (κ3) is 3.37. The lowest BCUT2D eigenvalue weighted by Gasteiger charge is -2.21. The fourth-order valence-corrected chi connectivity index (χ4v) is 2.95. The van der Waals surface area contributed by atoms with Crippen LogP contribution in [0, 0.1) is 12.8 Å². The van der Waals surface area contributed by atoms with Crippen LogP contribution in [-0.2, 0) is 0 Å². The number of nitrogens with one attached hydrogen (secondary N) is 1. The van der Waals surface area contributed by atoms with Crippen LogP contribution in [0.2, 0.25) is 0 Å². The first kappa shape index (κ1) is 15.0. The minimum atomic E-state index is 0.347. The van der Waals surface area contributed by atoms with E-state index in [-0.39, 0.29) is 0 Å². The molecule has 2 atom stereocenters.